The van der Waals surface area contributed by atoms with E-state index >= 15 is 0 Å². The van der Waals surface area contributed by atoms with Gasteiger partial charge in [-0.2, -0.15) is 0 Å². The monoisotopic (exact) mass is 228 g/mol. The van der Waals surface area contributed by atoms with Gasteiger partial charge in [-0.3, -0.25) is 0 Å². The van der Waals surface area contributed by atoms with Crippen LogP contribution in [0.5, 0.6) is 0 Å². The summed E-state index contributed by atoms with van der Waals surface area (Å²) in [5.74, 6) is 0. The Labute approximate surface area is 97.8 Å². The zero-order chi connectivity index (χ0) is 12.0. The Morgan fingerprint density at radius 1 is 1.44 bits per heavy atom. The average Bonchev–Trinajstić information content (AvgIpc) is 2.70. The van der Waals surface area contributed by atoms with Crippen LogP contribution in [0.1, 0.15) is 52.4 Å². The second kappa shape index (κ2) is 6.09. The molecule has 0 aromatic rings. The number of carbonyl (C=O) groups excluding carboxylic acids is 1. The summed E-state index contributed by atoms with van der Waals surface area (Å²) in [6.07, 6.45) is 6.04. The molecule has 2 amide bonds. The predicted molar refractivity (Wildman–Crippen MR) is 64.3 cm³/mol. The zero-order valence-corrected chi connectivity index (χ0v) is 10.4. The lowest BCUT2D eigenvalue weighted by Gasteiger charge is -2.29. The van der Waals surface area contributed by atoms with Crippen molar-refractivity contribution >= 4 is 6.03 Å². The SMILES string of the molecule is CCC(C)(CCO)NC(=O)NC1CCCC1. The summed E-state index contributed by atoms with van der Waals surface area (Å²) in [6.45, 7) is 4.09. The van der Waals surface area contributed by atoms with E-state index in [4.69, 9.17) is 5.11 Å². The van der Waals surface area contributed by atoms with Crippen LogP contribution in [0.3, 0.4) is 0 Å². The molecule has 0 aliphatic heterocycles. The van der Waals surface area contributed by atoms with Gasteiger partial charge in [0.05, 0.1) is 0 Å². The van der Waals surface area contributed by atoms with Crippen molar-refractivity contribution in [1.82, 2.24) is 10.6 Å². The summed E-state index contributed by atoms with van der Waals surface area (Å²) >= 11 is 0. The molecular weight excluding hydrogens is 204 g/mol. The number of nitrogens with one attached hydrogen (secondary N) is 2. The Morgan fingerprint density at radius 2 is 2.06 bits per heavy atom. The largest absolute Gasteiger partial charge is 0.396 e. The van der Waals surface area contributed by atoms with Gasteiger partial charge in [0.2, 0.25) is 0 Å². The molecule has 4 nitrogen and oxygen atoms in total. The van der Waals surface area contributed by atoms with Gasteiger partial charge in [-0.25, -0.2) is 4.79 Å². The second-order valence-corrected chi connectivity index (χ2v) is 4.97. The average molecular weight is 228 g/mol. The van der Waals surface area contributed by atoms with Crippen molar-refractivity contribution in [3.8, 4) is 0 Å². The number of hydrogen-bond donors (Lipinski definition) is 3. The van der Waals surface area contributed by atoms with E-state index < -0.39 is 0 Å². The number of aliphatic hydroxyl groups excluding tert-OH is 1. The Hall–Kier alpha value is -0.770. The molecule has 4 heteroatoms. The number of aliphatic hydroxyl groups is 1. The van der Waals surface area contributed by atoms with Crippen molar-refractivity contribution in [3.05, 3.63) is 0 Å². The molecule has 1 aliphatic carbocycles. The molecule has 1 fully saturated rings. The predicted octanol–water partition coefficient (Wildman–Crippen LogP) is 1.78. The van der Waals surface area contributed by atoms with Gasteiger partial charge in [0.15, 0.2) is 0 Å². The summed E-state index contributed by atoms with van der Waals surface area (Å²) in [4.78, 5) is 11.7. The molecule has 1 saturated carbocycles. The van der Waals surface area contributed by atoms with Crippen LogP contribution in [-0.2, 0) is 0 Å². The Kier molecular flexibility index (Phi) is 5.06. The minimum absolute atomic E-state index is 0.0929. The lowest BCUT2D eigenvalue weighted by Crippen LogP contribution is -2.52. The molecule has 0 aromatic carbocycles. The van der Waals surface area contributed by atoms with Crippen LogP contribution in [0.4, 0.5) is 4.79 Å². The van der Waals surface area contributed by atoms with Crippen LogP contribution < -0.4 is 10.6 Å². The van der Waals surface area contributed by atoms with E-state index in [1.165, 1.54) is 12.8 Å². The molecule has 0 spiro atoms. The standard InChI is InChI=1S/C12H24N2O2/c1-3-12(2,8-9-15)14-11(16)13-10-6-4-5-7-10/h10,15H,3-9H2,1-2H3,(H2,13,14,16). The third-order valence-corrected chi connectivity index (χ3v) is 3.55. The van der Waals surface area contributed by atoms with Gasteiger partial charge in [0.1, 0.15) is 0 Å². The maximum Gasteiger partial charge on any atom is 0.315 e. The maximum absolute atomic E-state index is 11.7. The number of amides is 2. The Morgan fingerprint density at radius 3 is 2.56 bits per heavy atom. The Bertz CT molecular complexity index is 227. The highest BCUT2D eigenvalue weighted by molar-refractivity contribution is 5.75. The fourth-order valence-electron chi connectivity index (χ4n) is 2.14. The summed E-state index contributed by atoms with van der Waals surface area (Å²) in [6, 6.07) is 0.250. The Balaban J connectivity index is 2.35. The quantitative estimate of drug-likeness (QED) is 0.671. The van der Waals surface area contributed by atoms with Gasteiger partial charge in [-0.15, -0.1) is 0 Å². The molecule has 3 N–H and O–H groups in total. The van der Waals surface area contributed by atoms with Crippen molar-refractivity contribution < 1.29 is 9.90 Å². The van der Waals surface area contributed by atoms with Gasteiger partial charge < -0.3 is 15.7 Å². The van der Waals surface area contributed by atoms with Crippen molar-refractivity contribution in [2.45, 2.75) is 64.0 Å². The highest BCUT2D eigenvalue weighted by Gasteiger charge is 2.25. The van der Waals surface area contributed by atoms with Crippen LogP contribution >= 0.6 is 0 Å². The van der Waals surface area contributed by atoms with Crippen LogP contribution in [-0.4, -0.2) is 29.3 Å². The molecule has 0 bridgehead atoms. The summed E-state index contributed by atoms with van der Waals surface area (Å²) in [5, 5.41) is 14.9. The molecule has 0 aromatic heterocycles. The van der Waals surface area contributed by atoms with Crippen molar-refractivity contribution in [1.29, 1.82) is 0 Å². The van der Waals surface area contributed by atoms with Crippen molar-refractivity contribution in [2.75, 3.05) is 6.61 Å². The molecule has 1 unspecified atom stereocenters. The molecule has 1 aliphatic rings. The van der Waals surface area contributed by atoms with E-state index in [9.17, 15) is 4.79 Å². The fraction of sp³-hybridized carbons (Fsp3) is 0.917. The number of hydrogen-bond acceptors (Lipinski definition) is 2. The first-order chi connectivity index (χ1) is 7.59. The normalized spacial score (nSPS) is 20.4. The molecule has 16 heavy (non-hydrogen) atoms. The van der Waals surface area contributed by atoms with Gasteiger partial charge in [0.25, 0.3) is 0 Å². The molecule has 1 rings (SSSR count). The molecule has 94 valence electrons. The number of carbonyl (C=O) groups is 1. The maximum atomic E-state index is 11.7. The first-order valence-electron chi connectivity index (χ1n) is 6.29. The third-order valence-electron chi connectivity index (χ3n) is 3.55. The molecule has 0 saturated heterocycles. The fourth-order valence-corrected chi connectivity index (χ4v) is 2.14. The minimum atomic E-state index is -0.294. The van der Waals surface area contributed by atoms with E-state index in [1.54, 1.807) is 0 Å². The first-order valence-corrected chi connectivity index (χ1v) is 6.29. The molecule has 0 heterocycles. The van der Waals surface area contributed by atoms with E-state index in [2.05, 4.69) is 10.6 Å². The number of rotatable bonds is 5. The van der Waals surface area contributed by atoms with Crippen molar-refractivity contribution in [2.24, 2.45) is 0 Å². The van der Waals surface area contributed by atoms with Crippen LogP contribution in [0.15, 0.2) is 0 Å². The second-order valence-electron chi connectivity index (χ2n) is 4.97. The van der Waals surface area contributed by atoms with Gasteiger partial charge in [0, 0.05) is 18.2 Å². The molecular formula is C12H24N2O2. The van der Waals surface area contributed by atoms with E-state index in [-0.39, 0.29) is 18.2 Å². The van der Waals surface area contributed by atoms with Crippen LogP contribution in [0, 0.1) is 0 Å². The van der Waals surface area contributed by atoms with Gasteiger partial charge in [-0.05, 0) is 32.6 Å². The van der Waals surface area contributed by atoms with Gasteiger partial charge >= 0.3 is 6.03 Å². The summed E-state index contributed by atoms with van der Waals surface area (Å²) < 4.78 is 0. The topological polar surface area (TPSA) is 61.4 Å². The minimum Gasteiger partial charge on any atom is -0.396 e. The third kappa shape index (κ3) is 4.00. The smallest absolute Gasteiger partial charge is 0.315 e. The molecule has 1 atom stereocenters. The van der Waals surface area contributed by atoms with Crippen molar-refractivity contribution in [3.63, 3.8) is 0 Å². The van der Waals surface area contributed by atoms with E-state index in [1.807, 2.05) is 13.8 Å². The number of urea groups is 1. The van der Waals surface area contributed by atoms with Gasteiger partial charge in [-0.1, -0.05) is 19.8 Å². The zero-order valence-electron chi connectivity index (χ0n) is 10.4. The van der Waals surface area contributed by atoms with Crippen LogP contribution in [0.2, 0.25) is 0 Å². The van der Waals surface area contributed by atoms with Crippen LogP contribution in [0.25, 0.3) is 0 Å². The van der Waals surface area contributed by atoms with E-state index in [0.29, 0.717) is 12.5 Å². The lowest BCUT2D eigenvalue weighted by molar-refractivity contribution is 0.198. The van der Waals surface area contributed by atoms with E-state index in [0.717, 1.165) is 19.3 Å². The lowest BCUT2D eigenvalue weighted by atomic mass is 9.95. The highest BCUT2D eigenvalue weighted by Crippen LogP contribution is 2.18. The molecule has 0 radical (unpaired) electrons. The summed E-state index contributed by atoms with van der Waals surface area (Å²) in [5.41, 5.74) is -0.294. The first kappa shape index (κ1) is 13.3. The highest BCUT2D eigenvalue weighted by atomic mass is 16.3. The summed E-state index contributed by atoms with van der Waals surface area (Å²) in [7, 11) is 0.